The van der Waals surface area contributed by atoms with E-state index in [1.165, 1.54) is 14.0 Å². The molecule has 37 heavy (non-hydrogen) atoms. The number of carbonyl (C=O) groups is 9. The highest BCUT2D eigenvalue weighted by molar-refractivity contribution is 5.93. The van der Waals surface area contributed by atoms with Gasteiger partial charge in [0.25, 0.3) is 0 Å². The standard InChI is InChI=1S/C19H31N9O9/c1-11(29)21-4-13(31)23-6-15(33)25-8-17(35)27-10-19(37)28-9-18(36)26-7-16(34)24-5-14(32)22-3-12(30)20-2/h3-10H2,1-2H3,(H,20,30)(H,21,29)(H,22,32)(H,23,31)(H,24,34)(H,25,33)(H,26,36)(H,27,35)(H,28,37). The Morgan fingerprint density at radius 2 is 0.541 bits per heavy atom. The molecular weight excluding hydrogens is 498 g/mol. The van der Waals surface area contributed by atoms with Crippen LogP contribution >= 0.6 is 0 Å². The van der Waals surface area contributed by atoms with Gasteiger partial charge in [0.1, 0.15) is 0 Å². The molecule has 0 rings (SSSR count). The van der Waals surface area contributed by atoms with Crippen LogP contribution in [0.3, 0.4) is 0 Å². The molecule has 9 N–H and O–H groups in total. The van der Waals surface area contributed by atoms with E-state index in [9.17, 15) is 43.2 Å². The van der Waals surface area contributed by atoms with E-state index in [0.717, 1.165) is 0 Å². The van der Waals surface area contributed by atoms with Crippen LogP contribution in [0.15, 0.2) is 0 Å². The number of hydrogen-bond acceptors (Lipinski definition) is 9. The molecule has 9 amide bonds. The topological polar surface area (TPSA) is 262 Å². The SMILES string of the molecule is CNC(=O)CNC(=O)CNC(=O)CNC(=O)CNC(=O)CNC(=O)CNC(=O)CNC(=O)CNC(C)=O. The third-order valence-corrected chi connectivity index (χ3v) is 3.90. The van der Waals surface area contributed by atoms with Crippen molar-refractivity contribution in [2.75, 3.05) is 59.4 Å². The highest BCUT2D eigenvalue weighted by Crippen LogP contribution is 1.74. The summed E-state index contributed by atoms with van der Waals surface area (Å²) >= 11 is 0. The molecule has 0 bridgehead atoms. The number of hydrogen-bond donors (Lipinski definition) is 9. The predicted molar refractivity (Wildman–Crippen MR) is 124 cm³/mol. The van der Waals surface area contributed by atoms with Gasteiger partial charge < -0.3 is 47.9 Å². The first-order valence-corrected chi connectivity index (χ1v) is 10.7. The first-order valence-electron chi connectivity index (χ1n) is 10.7. The van der Waals surface area contributed by atoms with Crippen molar-refractivity contribution in [1.82, 2.24) is 47.9 Å². The number of rotatable bonds is 16. The molecule has 0 saturated heterocycles. The van der Waals surface area contributed by atoms with Gasteiger partial charge >= 0.3 is 0 Å². The summed E-state index contributed by atoms with van der Waals surface area (Å²) in [5, 5.41) is 20.1. The van der Waals surface area contributed by atoms with Crippen LogP contribution in [0.5, 0.6) is 0 Å². The van der Waals surface area contributed by atoms with Crippen molar-refractivity contribution < 1.29 is 43.2 Å². The third-order valence-electron chi connectivity index (χ3n) is 3.90. The van der Waals surface area contributed by atoms with E-state index < -0.39 is 92.4 Å². The molecule has 0 aliphatic carbocycles. The normalized spacial score (nSPS) is 9.57. The summed E-state index contributed by atoms with van der Waals surface area (Å²) in [5.74, 6) is -5.56. The second kappa shape index (κ2) is 18.5. The van der Waals surface area contributed by atoms with Crippen LogP contribution in [-0.2, 0) is 43.2 Å². The lowest BCUT2D eigenvalue weighted by Gasteiger charge is -2.09. The minimum Gasteiger partial charge on any atom is -0.358 e. The van der Waals surface area contributed by atoms with Crippen molar-refractivity contribution in [2.45, 2.75) is 6.92 Å². The molecule has 0 radical (unpaired) electrons. The zero-order chi connectivity index (χ0) is 28.2. The van der Waals surface area contributed by atoms with E-state index in [0.29, 0.717) is 0 Å². The molecule has 0 aliphatic heterocycles. The molecule has 0 unspecified atom stereocenters. The fourth-order valence-electron chi connectivity index (χ4n) is 1.98. The summed E-state index contributed by atoms with van der Waals surface area (Å²) in [6.45, 7) is -2.11. The summed E-state index contributed by atoms with van der Waals surface area (Å²) in [6, 6.07) is 0. The van der Waals surface area contributed by atoms with Gasteiger partial charge in [-0.2, -0.15) is 0 Å². The van der Waals surface area contributed by atoms with Gasteiger partial charge in [-0.15, -0.1) is 0 Å². The van der Waals surface area contributed by atoms with E-state index >= 15 is 0 Å². The van der Waals surface area contributed by atoms with Gasteiger partial charge in [-0.3, -0.25) is 43.2 Å². The summed E-state index contributed by atoms with van der Waals surface area (Å²) in [5.41, 5.74) is 0. The van der Waals surface area contributed by atoms with Gasteiger partial charge in [0, 0.05) is 14.0 Å². The number of nitrogens with one attached hydrogen (secondary N) is 9. The van der Waals surface area contributed by atoms with Crippen LogP contribution in [-0.4, -0.2) is 113 Å². The molecule has 206 valence electrons. The molecule has 18 nitrogen and oxygen atoms in total. The Hall–Kier alpha value is -4.77. The zero-order valence-electron chi connectivity index (χ0n) is 20.3. The first-order chi connectivity index (χ1) is 17.4. The second-order valence-electron chi connectivity index (χ2n) is 7.02. The van der Waals surface area contributed by atoms with Gasteiger partial charge in [0.05, 0.1) is 52.4 Å². The predicted octanol–water partition coefficient (Wildman–Crippen LogP) is -7.32. The smallest absolute Gasteiger partial charge is 0.239 e. The maximum absolute atomic E-state index is 11.7. The fourth-order valence-corrected chi connectivity index (χ4v) is 1.98. The minimum atomic E-state index is -0.725. The zero-order valence-corrected chi connectivity index (χ0v) is 20.3. The molecule has 18 heteroatoms. The number of likely N-dealkylation sites (N-methyl/N-ethyl adjacent to an activating group) is 1. The maximum Gasteiger partial charge on any atom is 0.239 e. The minimum absolute atomic E-state index is 0.251. The van der Waals surface area contributed by atoms with Crippen LogP contribution in [0.25, 0.3) is 0 Å². The summed E-state index contributed by atoms with van der Waals surface area (Å²) < 4.78 is 0. The highest BCUT2D eigenvalue weighted by atomic mass is 16.2. The molecule has 0 spiro atoms. The van der Waals surface area contributed by atoms with Crippen molar-refractivity contribution in [3.8, 4) is 0 Å². The summed E-state index contributed by atoms with van der Waals surface area (Å²) in [7, 11) is 1.40. The largest absolute Gasteiger partial charge is 0.358 e. The Morgan fingerprint density at radius 1 is 0.351 bits per heavy atom. The molecular formula is C19H31N9O9. The Kier molecular flexibility index (Phi) is 16.2. The first kappa shape index (κ1) is 32.2. The van der Waals surface area contributed by atoms with Crippen molar-refractivity contribution in [3.05, 3.63) is 0 Å². The van der Waals surface area contributed by atoms with E-state index in [2.05, 4.69) is 47.9 Å². The van der Waals surface area contributed by atoms with Gasteiger partial charge in [-0.1, -0.05) is 0 Å². The van der Waals surface area contributed by atoms with Crippen LogP contribution < -0.4 is 47.9 Å². The van der Waals surface area contributed by atoms with E-state index in [-0.39, 0.29) is 13.1 Å². The molecule has 0 atom stereocenters. The van der Waals surface area contributed by atoms with Crippen LogP contribution in [0.2, 0.25) is 0 Å². The van der Waals surface area contributed by atoms with E-state index in [1.807, 2.05) is 0 Å². The average molecular weight is 530 g/mol. The van der Waals surface area contributed by atoms with Crippen molar-refractivity contribution in [3.63, 3.8) is 0 Å². The third kappa shape index (κ3) is 19.3. The molecule has 0 fully saturated rings. The van der Waals surface area contributed by atoms with Gasteiger partial charge in [0.15, 0.2) is 0 Å². The van der Waals surface area contributed by atoms with Crippen LogP contribution in [0, 0.1) is 0 Å². The van der Waals surface area contributed by atoms with Crippen molar-refractivity contribution in [2.24, 2.45) is 0 Å². The monoisotopic (exact) mass is 529 g/mol. The molecule has 0 aliphatic rings. The van der Waals surface area contributed by atoms with Gasteiger partial charge in [-0.05, 0) is 0 Å². The lowest BCUT2D eigenvalue weighted by molar-refractivity contribution is -0.129. The molecule has 0 aromatic carbocycles. The quantitative estimate of drug-likeness (QED) is 0.0918. The Balaban J connectivity index is 3.93. The highest BCUT2D eigenvalue weighted by Gasteiger charge is 2.12. The molecule has 0 aromatic rings. The summed E-state index contributed by atoms with van der Waals surface area (Å²) in [4.78, 5) is 103. The summed E-state index contributed by atoms with van der Waals surface area (Å²) in [6.07, 6.45) is 0. The number of carbonyl (C=O) groups excluding carboxylic acids is 9. The maximum atomic E-state index is 11.7. The van der Waals surface area contributed by atoms with Crippen LogP contribution in [0.1, 0.15) is 6.92 Å². The Labute approximate surface area is 211 Å². The Bertz CT molecular complexity index is 892. The fraction of sp³-hybridized carbons (Fsp3) is 0.526. The molecule has 0 heterocycles. The van der Waals surface area contributed by atoms with Crippen molar-refractivity contribution in [1.29, 1.82) is 0 Å². The van der Waals surface area contributed by atoms with Gasteiger partial charge in [0.2, 0.25) is 53.2 Å². The van der Waals surface area contributed by atoms with E-state index in [1.54, 1.807) is 0 Å². The lowest BCUT2D eigenvalue weighted by Crippen LogP contribution is -2.47. The van der Waals surface area contributed by atoms with Gasteiger partial charge in [-0.25, -0.2) is 0 Å². The molecule has 0 saturated carbocycles. The average Bonchev–Trinajstić information content (AvgIpc) is 2.87. The van der Waals surface area contributed by atoms with E-state index in [4.69, 9.17) is 0 Å². The second-order valence-corrected chi connectivity index (χ2v) is 7.02. The van der Waals surface area contributed by atoms with Crippen molar-refractivity contribution >= 4 is 53.2 Å². The molecule has 0 aromatic heterocycles. The Morgan fingerprint density at radius 3 is 0.730 bits per heavy atom. The number of amides is 9. The van der Waals surface area contributed by atoms with Crippen LogP contribution in [0.4, 0.5) is 0 Å². The lowest BCUT2D eigenvalue weighted by atomic mass is 10.4.